The lowest BCUT2D eigenvalue weighted by atomic mass is 10.1. The van der Waals surface area contributed by atoms with E-state index < -0.39 is 6.04 Å². The molecule has 0 heterocycles. The van der Waals surface area contributed by atoms with Gasteiger partial charge in [0, 0.05) is 12.6 Å². The predicted octanol–water partition coefficient (Wildman–Crippen LogP) is 3.86. The van der Waals surface area contributed by atoms with Crippen molar-refractivity contribution in [1.29, 1.82) is 0 Å². The van der Waals surface area contributed by atoms with Gasteiger partial charge in [-0.3, -0.25) is 9.59 Å². The maximum absolute atomic E-state index is 13.2. The van der Waals surface area contributed by atoms with Gasteiger partial charge in [-0.05, 0) is 44.4 Å². The molecule has 0 aromatic heterocycles. The van der Waals surface area contributed by atoms with E-state index in [1.807, 2.05) is 43.3 Å². The second-order valence-corrected chi connectivity index (χ2v) is 8.11. The van der Waals surface area contributed by atoms with Crippen LogP contribution in [0.1, 0.15) is 43.7 Å². The minimum Gasteiger partial charge on any atom is -0.493 e. The summed E-state index contributed by atoms with van der Waals surface area (Å²) in [4.78, 5) is 27.6. The Hall–Kier alpha value is -3.02. The van der Waals surface area contributed by atoms with Crippen LogP contribution in [-0.2, 0) is 16.1 Å². The molecule has 2 amide bonds. The van der Waals surface area contributed by atoms with Gasteiger partial charge in [-0.1, -0.05) is 54.8 Å². The SMILES string of the molecule is COc1ccccc1OCC(=O)N(Cc1ccc(C)cc1)[C@@H](C)C(=O)NC1CCCC1. The zero-order valence-corrected chi connectivity index (χ0v) is 18.6. The third-order valence-corrected chi connectivity index (χ3v) is 5.76. The number of carbonyl (C=O) groups excluding carboxylic acids is 2. The molecular weight excluding hydrogens is 392 g/mol. The Kier molecular flexibility index (Phi) is 7.93. The minimum absolute atomic E-state index is 0.121. The van der Waals surface area contributed by atoms with Crippen LogP contribution in [0, 0.1) is 6.92 Å². The maximum atomic E-state index is 13.2. The van der Waals surface area contributed by atoms with E-state index in [-0.39, 0.29) is 24.5 Å². The van der Waals surface area contributed by atoms with E-state index in [9.17, 15) is 9.59 Å². The van der Waals surface area contributed by atoms with Crippen LogP contribution < -0.4 is 14.8 Å². The monoisotopic (exact) mass is 424 g/mol. The molecule has 0 unspecified atom stereocenters. The Morgan fingerprint density at radius 1 is 1.06 bits per heavy atom. The molecule has 0 radical (unpaired) electrons. The molecule has 0 bridgehead atoms. The molecule has 166 valence electrons. The first-order chi connectivity index (χ1) is 15.0. The van der Waals surface area contributed by atoms with Gasteiger partial charge in [-0.2, -0.15) is 0 Å². The molecule has 1 aliphatic rings. The first-order valence-corrected chi connectivity index (χ1v) is 10.9. The summed E-state index contributed by atoms with van der Waals surface area (Å²) in [6, 6.07) is 14.8. The Labute approximate surface area is 184 Å². The number of hydrogen-bond acceptors (Lipinski definition) is 4. The van der Waals surface area contributed by atoms with E-state index in [1.165, 1.54) is 0 Å². The Bertz CT molecular complexity index is 875. The highest BCUT2D eigenvalue weighted by molar-refractivity contribution is 5.88. The smallest absolute Gasteiger partial charge is 0.261 e. The summed E-state index contributed by atoms with van der Waals surface area (Å²) in [6.45, 7) is 3.96. The van der Waals surface area contributed by atoms with Crippen molar-refractivity contribution in [3.63, 3.8) is 0 Å². The van der Waals surface area contributed by atoms with Gasteiger partial charge < -0.3 is 19.7 Å². The predicted molar refractivity (Wildman–Crippen MR) is 120 cm³/mol. The molecule has 1 N–H and O–H groups in total. The first kappa shape index (κ1) is 22.7. The van der Waals surface area contributed by atoms with Gasteiger partial charge in [0.2, 0.25) is 5.91 Å². The molecule has 6 heteroatoms. The number of aryl methyl sites for hydroxylation is 1. The summed E-state index contributed by atoms with van der Waals surface area (Å²) in [5.74, 6) is 0.689. The van der Waals surface area contributed by atoms with Crippen molar-refractivity contribution < 1.29 is 19.1 Å². The molecule has 2 aromatic carbocycles. The van der Waals surface area contributed by atoms with Crippen LogP contribution in [0.5, 0.6) is 11.5 Å². The highest BCUT2D eigenvalue weighted by atomic mass is 16.5. The number of methoxy groups -OCH3 is 1. The van der Waals surface area contributed by atoms with Crippen molar-refractivity contribution >= 4 is 11.8 Å². The normalized spacial score (nSPS) is 14.7. The third-order valence-electron chi connectivity index (χ3n) is 5.76. The minimum atomic E-state index is -0.601. The molecule has 0 spiro atoms. The lowest BCUT2D eigenvalue weighted by molar-refractivity contribution is -0.142. The number of hydrogen-bond donors (Lipinski definition) is 1. The molecular formula is C25H32N2O4. The van der Waals surface area contributed by atoms with Gasteiger partial charge in [-0.15, -0.1) is 0 Å². The second kappa shape index (κ2) is 10.8. The molecule has 0 aliphatic heterocycles. The van der Waals surface area contributed by atoms with Gasteiger partial charge in [-0.25, -0.2) is 0 Å². The van der Waals surface area contributed by atoms with Crippen molar-refractivity contribution in [3.05, 3.63) is 59.7 Å². The molecule has 31 heavy (non-hydrogen) atoms. The maximum Gasteiger partial charge on any atom is 0.261 e. The lowest BCUT2D eigenvalue weighted by Gasteiger charge is -2.29. The van der Waals surface area contributed by atoms with E-state index in [0.717, 1.165) is 36.8 Å². The number of para-hydroxylation sites is 2. The van der Waals surface area contributed by atoms with Gasteiger partial charge in [0.05, 0.1) is 7.11 Å². The molecule has 3 rings (SSSR count). The lowest BCUT2D eigenvalue weighted by Crippen LogP contribution is -2.50. The summed E-state index contributed by atoms with van der Waals surface area (Å²) < 4.78 is 11.0. The highest BCUT2D eigenvalue weighted by Gasteiger charge is 2.28. The number of rotatable bonds is 9. The topological polar surface area (TPSA) is 67.9 Å². The molecule has 1 atom stereocenters. The number of nitrogens with one attached hydrogen (secondary N) is 1. The van der Waals surface area contributed by atoms with Crippen LogP contribution in [0.25, 0.3) is 0 Å². The van der Waals surface area contributed by atoms with E-state index >= 15 is 0 Å². The molecule has 0 saturated heterocycles. The van der Waals surface area contributed by atoms with E-state index in [2.05, 4.69) is 5.32 Å². The van der Waals surface area contributed by atoms with Crippen LogP contribution in [-0.4, -0.2) is 42.5 Å². The van der Waals surface area contributed by atoms with Gasteiger partial charge in [0.25, 0.3) is 5.91 Å². The van der Waals surface area contributed by atoms with Crippen molar-refractivity contribution in [2.45, 2.75) is 58.2 Å². The van der Waals surface area contributed by atoms with Crippen molar-refractivity contribution in [2.24, 2.45) is 0 Å². The van der Waals surface area contributed by atoms with Crippen LogP contribution in [0.2, 0.25) is 0 Å². The number of ether oxygens (including phenoxy) is 2. The van der Waals surface area contributed by atoms with Crippen LogP contribution in [0.4, 0.5) is 0 Å². The fourth-order valence-corrected chi connectivity index (χ4v) is 3.83. The zero-order chi connectivity index (χ0) is 22.2. The summed E-state index contributed by atoms with van der Waals surface area (Å²) >= 11 is 0. The highest BCUT2D eigenvalue weighted by Crippen LogP contribution is 2.26. The first-order valence-electron chi connectivity index (χ1n) is 10.9. The van der Waals surface area contributed by atoms with E-state index in [0.29, 0.717) is 18.0 Å². The van der Waals surface area contributed by atoms with Crippen molar-refractivity contribution in [3.8, 4) is 11.5 Å². The summed E-state index contributed by atoms with van der Waals surface area (Å²) in [6.07, 6.45) is 4.28. The van der Waals surface area contributed by atoms with Crippen LogP contribution in [0.15, 0.2) is 48.5 Å². The van der Waals surface area contributed by atoms with Gasteiger partial charge in [0.1, 0.15) is 6.04 Å². The Morgan fingerprint density at radius 3 is 2.35 bits per heavy atom. The fraction of sp³-hybridized carbons (Fsp3) is 0.440. The zero-order valence-electron chi connectivity index (χ0n) is 18.6. The number of benzene rings is 2. The van der Waals surface area contributed by atoms with Crippen LogP contribution in [0.3, 0.4) is 0 Å². The third kappa shape index (κ3) is 6.23. The summed E-state index contributed by atoms with van der Waals surface area (Å²) in [5, 5.41) is 3.11. The van der Waals surface area contributed by atoms with Crippen LogP contribution >= 0.6 is 0 Å². The standard InChI is InChI=1S/C25H32N2O4/c1-18-12-14-20(15-13-18)16-27(19(2)25(29)26-21-8-4-5-9-21)24(28)17-31-23-11-7-6-10-22(23)30-3/h6-7,10-15,19,21H,4-5,8-9,16-17H2,1-3H3,(H,26,29)/t19-/m0/s1. The second-order valence-electron chi connectivity index (χ2n) is 8.11. The van der Waals surface area contributed by atoms with E-state index in [1.54, 1.807) is 31.1 Å². The number of carbonyl (C=O) groups is 2. The molecule has 2 aromatic rings. The van der Waals surface area contributed by atoms with Gasteiger partial charge in [0.15, 0.2) is 18.1 Å². The number of amides is 2. The average Bonchev–Trinajstić information content (AvgIpc) is 3.29. The Morgan fingerprint density at radius 2 is 1.71 bits per heavy atom. The summed E-state index contributed by atoms with van der Waals surface area (Å²) in [7, 11) is 1.56. The molecule has 1 saturated carbocycles. The Balaban J connectivity index is 1.72. The molecule has 1 fully saturated rings. The number of nitrogens with zero attached hydrogens (tertiary/aromatic N) is 1. The van der Waals surface area contributed by atoms with Crippen molar-refractivity contribution in [2.75, 3.05) is 13.7 Å². The van der Waals surface area contributed by atoms with Crippen molar-refractivity contribution in [1.82, 2.24) is 10.2 Å². The van der Waals surface area contributed by atoms with E-state index in [4.69, 9.17) is 9.47 Å². The summed E-state index contributed by atoms with van der Waals surface area (Å²) in [5.41, 5.74) is 2.12. The molecule has 6 nitrogen and oxygen atoms in total. The fourth-order valence-electron chi connectivity index (χ4n) is 3.83. The molecule has 1 aliphatic carbocycles. The largest absolute Gasteiger partial charge is 0.493 e. The van der Waals surface area contributed by atoms with Gasteiger partial charge >= 0.3 is 0 Å². The average molecular weight is 425 g/mol. The quantitative estimate of drug-likeness (QED) is 0.664.